The number of thiazole rings is 1. The van der Waals surface area contributed by atoms with E-state index in [9.17, 15) is 4.79 Å². The van der Waals surface area contributed by atoms with Crippen LogP contribution in [0.25, 0.3) is 0 Å². The predicted molar refractivity (Wildman–Crippen MR) is 50.6 cm³/mol. The highest BCUT2D eigenvalue weighted by Gasteiger charge is 2.09. The molecule has 1 aromatic heterocycles. The van der Waals surface area contributed by atoms with Crippen LogP contribution >= 0.6 is 11.3 Å². The zero-order valence-electron chi connectivity index (χ0n) is 7.04. The maximum Gasteiger partial charge on any atom is 0.174 e. The number of aryl methyl sites for hydroxylation is 1. The second-order valence-electron chi connectivity index (χ2n) is 2.52. The van der Waals surface area contributed by atoms with Crippen molar-refractivity contribution in [3.8, 4) is 0 Å². The van der Waals surface area contributed by atoms with Crippen molar-refractivity contribution in [1.29, 1.82) is 0 Å². The van der Waals surface area contributed by atoms with E-state index in [-0.39, 0.29) is 5.78 Å². The molecular formula is C9H11NOS. The number of hydrogen-bond acceptors (Lipinski definition) is 3. The number of hydrogen-bond donors (Lipinski definition) is 0. The van der Waals surface area contributed by atoms with Crippen LogP contribution in [0.3, 0.4) is 0 Å². The van der Waals surface area contributed by atoms with E-state index in [1.54, 1.807) is 11.6 Å². The first-order valence-corrected chi connectivity index (χ1v) is 4.68. The SMILES string of the molecule is C=CCCC(=O)c1scnc1C. The van der Waals surface area contributed by atoms with Gasteiger partial charge in [-0.3, -0.25) is 4.79 Å². The van der Waals surface area contributed by atoms with Crippen LogP contribution in [0.1, 0.15) is 28.2 Å². The number of allylic oxidation sites excluding steroid dienone is 1. The Balaban J connectivity index is 2.65. The smallest absolute Gasteiger partial charge is 0.174 e. The summed E-state index contributed by atoms with van der Waals surface area (Å²) >= 11 is 1.41. The molecule has 0 spiro atoms. The summed E-state index contributed by atoms with van der Waals surface area (Å²) in [7, 11) is 0. The molecule has 1 rings (SSSR count). The van der Waals surface area contributed by atoms with Crippen molar-refractivity contribution in [1.82, 2.24) is 4.98 Å². The molecule has 12 heavy (non-hydrogen) atoms. The molecule has 3 heteroatoms. The van der Waals surface area contributed by atoms with Gasteiger partial charge >= 0.3 is 0 Å². The van der Waals surface area contributed by atoms with Crippen molar-refractivity contribution in [3.05, 3.63) is 28.7 Å². The number of nitrogens with zero attached hydrogens (tertiary/aromatic N) is 1. The summed E-state index contributed by atoms with van der Waals surface area (Å²) in [6.45, 7) is 5.43. The molecule has 0 aliphatic carbocycles. The lowest BCUT2D eigenvalue weighted by Crippen LogP contribution is -1.97. The first-order valence-electron chi connectivity index (χ1n) is 3.80. The fourth-order valence-electron chi connectivity index (χ4n) is 0.916. The van der Waals surface area contributed by atoms with Crippen molar-refractivity contribution >= 4 is 17.1 Å². The van der Waals surface area contributed by atoms with E-state index in [1.165, 1.54) is 11.3 Å². The van der Waals surface area contributed by atoms with Crippen LogP contribution in [-0.4, -0.2) is 10.8 Å². The molecule has 0 saturated carbocycles. The Morgan fingerprint density at radius 3 is 3.08 bits per heavy atom. The minimum absolute atomic E-state index is 0.176. The van der Waals surface area contributed by atoms with E-state index in [1.807, 2.05) is 6.92 Å². The monoisotopic (exact) mass is 181 g/mol. The van der Waals surface area contributed by atoms with Gasteiger partial charge in [-0.2, -0.15) is 0 Å². The number of rotatable bonds is 4. The van der Waals surface area contributed by atoms with Gasteiger partial charge in [0.15, 0.2) is 5.78 Å². The van der Waals surface area contributed by atoms with E-state index < -0.39 is 0 Å². The quantitative estimate of drug-likeness (QED) is 0.528. The normalized spacial score (nSPS) is 9.75. The highest BCUT2D eigenvalue weighted by Crippen LogP contribution is 2.15. The van der Waals surface area contributed by atoms with Gasteiger partial charge in [0.1, 0.15) is 0 Å². The molecule has 1 aromatic rings. The number of carbonyl (C=O) groups is 1. The Morgan fingerprint density at radius 2 is 2.58 bits per heavy atom. The largest absolute Gasteiger partial charge is 0.293 e. The maximum absolute atomic E-state index is 11.4. The lowest BCUT2D eigenvalue weighted by Gasteiger charge is -1.94. The summed E-state index contributed by atoms with van der Waals surface area (Å²) < 4.78 is 0. The van der Waals surface area contributed by atoms with Crippen molar-refractivity contribution in [2.75, 3.05) is 0 Å². The van der Waals surface area contributed by atoms with Crippen LogP contribution in [0.2, 0.25) is 0 Å². The standard InChI is InChI=1S/C9H11NOS/c1-3-4-5-8(11)9-7(2)10-6-12-9/h3,6H,1,4-5H2,2H3. The first kappa shape index (κ1) is 9.13. The molecule has 0 fully saturated rings. The molecule has 0 N–H and O–H groups in total. The summed E-state index contributed by atoms with van der Waals surface area (Å²) in [5, 5.41) is 0. The van der Waals surface area contributed by atoms with Gasteiger partial charge in [0.05, 0.1) is 16.1 Å². The Hall–Kier alpha value is -0.960. The molecule has 0 radical (unpaired) electrons. The highest BCUT2D eigenvalue weighted by atomic mass is 32.1. The van der Waals surface area contributed by atoms with Gasteiger partial charge in [-0.05, 0) is 13.3 Å². The summed E-state index contributed by atoms with van der Waals surface area (Å²) in [6.07, 6.45) is 3.05. The third-order valence-electron chi connectivity index (χ3n) is 1.57. The molecule has 64 valence electrons. The Labute approximate surface area is 76.0 Å². The van der Waals surface area contributed by atoms with Crippen LogP contribution in [0.15, 0.2) is 18.2 Å². The molecule has 0 aliphatic rings. The second kappa shape index (κ2) is 4.16. The van der Waals surface area contributed by atoms with Crippen molar-refractivity contribution < 1.29 is 4.79 Å². The van der Waals surface area contributed by atoms with Crippen molar-refractivity contribution in [2.45, 2.75) is 19.8 Å². The lowest BCUT2D eigenvalue weighted by atomic mass is 10.2. The average Bonchev–Trinajstić information content (AvgIpc) is 2.47. The number of carbonyl (C=O) groups excluding carboxylic acids is 1. The molecule has 2 nitrogen and oxygen atoms in total. The number of ketones is 1. The van der Waals surface area contributed by atoms with Gasteiger partial charge in [-0.25, -0.2) is 4.98 Å². The third-order valence-corrected chi connectivity index (χ3v) is 2.54. The van der Waals surface area contributed by atoms with Crippen molar-refractivity contribution in [2.24, 2.45) is 0 Å². The Kier molecular flexibility index (Phi) is 3.17. The summed E-state index contributed by atoms with van der Waals surface area (Å²) in [6, 6.07) is 0. The van der Waals surface area contributed by atoms with E-state index >= 15 is 0 Å². The molecule has 0 amide bonds. The van der Waals surface area contributed by atoms with Crippen LogP contribution in [0, 0.1) is 6.92 Å². The predicted octanol–water partition coefficient (Wildman–Crippen LogP) is 2.60. The van der Waals surface area contributed by atoms with E-state index in [4.69, 9.17) is 0 Å². The minimum Gasteiger partial charge on any atom is -0.293 e. The number of Topliss-reactive ketones (excluding diaryl/α,β-unsaturated/α-hetero) is 1. The molecule has 0 aromatic carbocycles. The van der Waals surface area contributed by atoms with Crippen molar-refractivity contribution in [3.63, 3.8) is 0 Å². The van der Waals surface area contributed by atoms with Gasteiger partial charge in [0, 0.05) is 6.42 Å². The zero-order chi connectivity index (χ0) is 8.97. The molecule has 0 aliphatic heterocycles. The maximum atomic E-state index is 11.4. The van der Waals surface area contributed by atoms with Crippen LogP contribution < -0.4 is 0 Å². The van der Waals surface area contributed by atoms with Gasteiger partial charge < -0.3 is 0 Å². The zero-order valence-corrected chi connectivity index (χ0v) is 7.86. The van der Waals surface area contributed by atoms with Gasteiger partial charge in [-0.15, -0.1) is 17.9 Å². The minimum atomic E-state index is 0.176. The van der Waals surface area contributed by atoms with Crippen LogP contribution in [-0.2, 0) is 0 Å². The van der Waals surface area contributed by atoms with E-state index in [0.717, 1.165) is 17.0 Å². The Bertz CT molecular complexity index is 290. The summed E-state index contributed by atoms with van der Waals surface area (Å²) in [5.74, 6) is 0.176. The van der Waals surface area contributed by atoms with E-state index in [2.05, 4.69) is 11.6 Å². The molecular weight excluding hydrogens is 170 g/mol. The van der Waals surface area contributed by atoms with Gasteiger partial charge in [-0.1, -0.05) is 6.08 Å². The lowest BCUT2D eigenvalue weighted by molar-refractivity contribution is 0.0987. The van der Waals surface area contributed by atoms with Gasteiger partial charge in [0.25, 0.3) is 0 Å². The van der Waals surface area contributed by atoms with Gasteiger partial charge in [0.2, 0.25) is 0 Å². The fraction of sp³-hybridized carbons (Fsp3) is 0.333. The van der Waals surface area contributed by atoms with Crippen LogP contribution in [0.4, 0.5) is 0 Å². The topological polar surface area (TPSA) is 30.0 Å². The highest BCUT2D eigenvalue weighted by molar-refractivity contribution is 7.11. The molecule has 0 unspecified atom stereocenters. The molecule has 1 heterocycles. The third kappa shape index (κ3) is 2.01. The average molecular weight is 181 g/mol. The molecule has 0 bridgehead atoms. The second-order valence-corrected chi connectivity index (χ2v) is 3.37. The summed E-state index contributed by atoms with van der Waals surface area (Å²) in [5.41, 5.74) is 2.55. The first-order chi connectivity index (χ1) is 5.75. The Morgan fingerprint density at radius 1 is 1.83 bits per heavy atom. The van der Waals surface area contributed by atoms with Crippen LogP contribution in [0.5, 0.6) is 0 Å². The van der Waals surface area contributed by atoms with E-state index in [0.29, 0.717) is 6.42 Å². The number of aromatic nitrogens is 1. The molecule has 0 saturated heterocycles. The fourth-order valence-corrected chi connectivity index (χ4v) is 1.69. The summed E-state index contributed by atoms with van der Waals surface area (Å²) in [4.78, 5) is 16.2. The molecule has 0 atom stereocenters.